The monoisotopic (exact) mass is 428 g/mol. The van der Waals surface area contributed by atoms with Crippen LogP contribution in [0.2, 0.25) is 0 Å². The maximum Gasteiger partial charge on any atom is 0.257 e. The summed E-state index contributed by atoms with van der Waals surface area (Å²) in [5.41, 5.74) is 2.42. The predicted octanol–water partition coefficient (Wildman–Crippen LogP) is 4.72. The van der Waals surface area contributed by atoms with Crippen molar-refractivity contribution in [2.24, 2.45) is 0 Å². The highest BCUT2D eigenvalue weighted by Gasteiger charge is 2.21. The fraction of sp³-hybridized carbons (Fsp3) is 0.391. The SMILES string of the molecule is CCC.O=c1c2c(nc(-c3cccc(P)c3O)n1CCc1cccs1)CCCC2. The number of thiophene rings is 1. The van der Waals surface area contributed by atoms with Crippen LogP contribution in [0.5, 0.6) is 5.75 Å². The number of benzene rings is 1. The first-order chi connectivity index (χ1) is 14.1. The maximum atomic E-state index is 13.2. The highest BCUT2D eigenvalue weighted by Crippen LogP contribution is 2.29. The Bertz CT molecular complexity index is 1010. The second-order valence-corrected chi connectivity index (χ2v) is 8.96. The fourth-order valence-corrected chi connectivity index (χ4v) is 4.49. The summed E-state index contributed by atoms with van der Waals surface area (Å²) in [6.45, 7) is 4.81. The molecular formula is C23H29N2O2PS. The summed E-state index contributed by atoms with van der Waals surface area (Å²) >= 11 is 1.70. The number of phenols is 1. The van der Waals surface area contributed by atoms with Crippen LogP contribution in [-0.4, -0.2) is 14.7 Å². The molecule has 6 heteroatoms. The van der Waals surface area contributed by atoms with Gasteiger partial charge in [-0.3, -0.25) is 9.36 Å². The van der Waals surface area contributed by atoms with Crippen molar-refractivity contribution in [1.29, 1.82) is 0 Å². The molecule has 29 heavy (non-hydrogen) atoms. The van der Waals surface area contributed by atoms with Gasteiger partial charge in [0.05, 0.1) is 11.3 Å². The Labute approximate surface area is 178 Å². The fourth-order valence-electron chi connectivity index (χ4n) is 3.52. The quantitative estimate of drug-likeness (QED) is 0.612. The summed E-state index contributed by atoms with van der Waals surface area (Å²) in [5.74, 6) is 0.749. The molecule has 1 atom stereocenters. The molecule has 4 nitrogen and oxygen atoms in total. The molecule has 4 rings (SSSR count). The zero-order valence-corrected chi connectivity index (χ0v) is 19.1. The molecule has 0 bridgehead atoms. The van der Waals surface area contributed by atoms with Gasteiger partial charge in [0.1, 0.15) is 11.6 Å². The van der Waals surface area contributed by atoms with Crippen LogP contribution in [0.3, 0.4) is 0 Å². The molecule has 0 aliphatic heterocycles. The first kappa shape index (κ1) is 21.7. The number of hydrogen-bond acceptors (Lipinski definition) is 4. The molecule has 1 aliphatic carbocycles. The van der Waals surface area contributed by atoms with Crippen LogP contribution < -0.4 is 10.9 Å². The maximum absolute atomic E-state index is 13.2. The van der Waals surface area contributed by atoms with E-state index >= 15 is 0 Å². The van der Waals surface area contributed by atoms with E-state index in [0.717, 1.165) is 43.4 Å². The third-order valence-electron chi connectivity index (χ3n) is 4.91. The zero-order chi connectivity index (χ0) is 20.8. The van der Waals surface area contributed by atoms with Gasteiger partial charge in [-0.05, 0) is 49.6 Å². The van der Waals surface area contributed by atoms with Crippen LogP contribution in [-0.2, 0) is 25.8 Å². The molecule has 1 aliphatic rings. The van der Waals surface area contributed by atoms with Crippen LogP contribution in [0.1, 0.15) is 49.2 Å². The summed E-state index contributed by atoms with van der Waals surface area (Å²) in [6.07, 6.45) is 5.78. The molecule has 154 valence electrons. The molecule has 2 aromatic heterocycles. The van der Waals surface area contributed by atoms with E-state index in [9.17, 15) is 9.90 Å². The van der Waals surface area contributed by atoms with Crippen molar-refractivity contribution in [2.75, 3.05) is 0 Å². The lowest BCUT2D eigenvalue weighted by Crippen LogP contribution is -2.31. The number of fused-ring (bicyclic) bond motifs is 1. The zero-order valence-electron chi connectivity index (χ0n) is 17.1. The van der Waals surface area contributed by atoms with E-state index < -0.39 is 0 Å². The largest absolute Gasteiger partial charge is 0.507 e. The van der Waals surface area contributed by atoms with Gasteiger partial charge in [0, 0.05) is 22.3 Å². The van der Waals surface area contributed by atoms with Crippen molar-refractivity contribution in [3.63, 3.8) is 0 Å². The van der Waals surface area contributed by atoms with Crippen molar-refractivity contribution >= 4 is 25.9 Å². The minimum absolute atomic E-state index is 0.0508. The van der Waals surface area contributed by atoms with Gasteiger partial charge in [-0.15, -0.1) is 20.6 Å². The Morgan fingerprint density at radius 3 is 2.66 bits per heavy atom. The van der Waals surface area contributed by atoms with E-state index in [1.807, 2.05) is 29.6 Å². The predicted molar refractivity (Wildman–Crippen MR) is 126 cm³/mol. The van der Waals surface area contributed by atoms with Crippen LogP contribution in [0, 0.1) is 0 Å². The molecule has 0 fully saturated rings. The van der Waals surface area contributed by atoms with Crippen LogP contribution >= 0.6 is 20.6 Å². The van der Waals surface area contributed by atoms with E-state index in [2.05, 4.69) is 29.2 Å². The molecule has 1 N–H and O–H groups in total. The molecule has 1 unspecified atom stereocenters. The minimum atomic E-state index is 0.0508. The second-order valence-electron chi connectivity index (χ2n) is 7.30. The van der Waals surface area contributed by atoms with Gasteiger partial charge in [-0.25, -0.2) is 4.98 Å². The Morgan fingerprint density at radius 2 is 1.93 bits per heavy atom. The summed E-state index contributed by atoms with van der Waals surface area (Å²) in [4.78, 5) is 19.3. The van der Waals surface area contributed by atoms with E-state index in [1.165, 1.54) is 11.3 Å². The highest BCUT2D eigenvalue weighted by atomic mass is 32.1. The lowest BCUT2D eigenvalue weighted by atomic mass is 9.96. The average molecular weight is 429 g/mol. The average Bonchev–Trinajstić information content (AvgIpc) is 3.24. The summed E-state index contributed by atoms with van der Waals surface area (Å²) in [5, 5.41) is 13.3. The summed E-state index contributed by atoms with van der Waals surface area (Å²) in [7, 11) is 2.53. The van der Waals surface area contributed by atoms with Crippen LogP contribution in [0.4, 0.5) is 0 Å². The molecular weight excluding hydrogens is 399 g/mol. The Balaban J connectivity index is 0.000000755. The van der Waals surface area contributed by atoms with E-state index in [4.69, 9.17) is 4.98 Å². The van der Waals surface area contributed by atoms with Gasteiger partial charge in [0.25, 0.3) is 5.56 Å². The van der Waals surface area contributed by atoms with Gasteiger partial charge in [-0.1, -0.05) is 38.5 Å². The molecule has 0 radical (unpaired) electrons. The molecule has 1 aromatic carbocycles. The Kier molecular flexibility index (Phi) is 7.63. The number of phenolic OH excluding ortho intramolecular Hbond substituents is 1. The summed E-state index contributed by atoms with van der Waals surface area (Å²) < 4.78 is 1.75. The van der Waals surface area contributed by atoms with Gasteiger partial charge in [0.2, 0.25) is 0 Å². The number of para-hydroxylation sites is 1. The van der Waals surface area contributed by atoms with Crippen LogP contribution in [0.25, 0.3) is 11.4 Å². The van der Waals surface area contributed by atoms with Gasteiger partial charge in [0.15, 0.2) is 0 Å². The number of hydrogen-bond donors (Lipinski definition) is 1. The van der Waals surface area contributed by atoms with Crippen molar-refractivity contribution in [2.45, 2.75) is 58.9 Å². The van der Waals surface area contributed by atoms with Crippen molar-refractivity contribution in [3.8, 4) is 17.1 Å². The first-order valence-corrected chi connectivity index (χ1v) is 11.7. The number of aryl methyl sites for hydroxylation is 2. The number of rotatable bonds is 4. The lowest BCUT2D eigenvalue weighted by Gasteiger charge is -2.20. The molecule has 0 saturated carbocycles. The van der Waals surface area contributed by atoms with Gasteiger partial charge in [-0.2, -0.15) is 0 Å². The normalized spacial score (nSPS) is 12.8. The van der Waals surface area contributed by atoms with Crippen molar-refractivity contribution in [1.82, 2.24) is 9.55 Å². The highest BCUT2D eigenvalue weighted by molar-refractivity contribution is 7.27. The molecule has 3 aromatic rings. The second kappa shape index (κ2) is 10.2. The number of aromatic hydroxyl groups is 1. The van der Waals surface area contributed by atoms with E-state index in [1.54, 1.807) is 15.9 Å². The lowest BCUT2D eigenvalue weighted by molar-refractivity contribution is 0.480. The van der Waals surface area contributed by atoms with E-state index in [0.29, 0.717) is 23.2 Å². The van der Waals surface area contributed by atoms with E-state index in [-0.39, 0.29) is 11.3 Å². The molecule has 0 saturated heterocycles. The summed E-state index contributed by atoms with van der Waals surface area (Å²) in [6, 6.07) is 9.66. The standard InChI is InChI=1S/C20H21N2O2PS.C3H8/c23-18-15(7-3-9-17(18)25)19-21-16-8-2-1-6-14(16)20(24)22(19)11-10-13-5-4-12-26-13;1-3-2/h3-5,7,9,12,23H,1-2,6,8,10-11,25H2;3H2,1-2H3. The Morgan fingerprint density at radius 1 is 1.17 bits per heavy atom. The van der Waals surface area contributed by atoms with Gasteiger partial charge < -0.3 is 5.11 Å². The van der Waals surface area contributed by atoms with Crippen molar-refractivity contribution < 1.29 is 5.11 Å². The number of aromatic nitrogens is 2. The third-order valence-corrected chi connectivity index (χ3v) is 6.31. The third kappa shape index (κ3) is 4.96. The number of nitrogens with zero attached hydrogens (tertiary/aromatic N) is 2. The van der Waals surface area contributed by atoms with Crippen molar-refractivity contribution in [3.05, 3.63) is 62.2 Å². The first-order valence-electron chi connectivity index (χ1n) is 10.3. The molecule has 2 heterocycles. The van der Waals surface area contributed by atoms with Crippen LogP contribution in [0.15, 0.2) is 40.5 Å². The molecule has 0 amide bonds. The minimum Gasteiger partial charge on any atom is -0.507 e. The Hall–Kier alpha value is -1.97. The topological polar surface area (TPSA) is 55.1 Å². The molecule has 0 spiro atoms. The smallest absolute Gasteiger partial charge is 0.257 e. The van der Waals surface area contributed by atoms with Gasteiger partial charge >= 0.3 is 0 Å².